The van der Waals surface area contributed by atoms with Gasteiger partial charge in [-0.1, -0.05) is 46.3 Å². The second-order valence-electron chi connectivity index (χ2n) is 4.28. The van der Waals surface area contributed by atoms with Crippen LogP contribution < -0.4 is 11.1 Å². The molecular formula is C15H13BrN2OS. The number of rotatable bonds is 3. The third-order valence-corrected chi connectivity index (χ3v) is 4.03. The number of hydrogen-bond donors (Lipinski definition) is 2. The summed E-state index contributed by atoms with van der Waals surface area (Å²) in [6, 6.07) is 12.7. The number of benzene rings is 2. The summed E-state index contributed by atoms with van der Waals surface area (Å²) in [5, 5.41) is 2.85. The first-order valence-corrected chi connectivity index (χ1v) is 7.16. The molecule has 0 saturated heterocycles. The molecule has 0 aliphatic carbocycles. The SMILES string of the molecule is Cc1c(Br)cccc1C(=O)Nc1ccccc1C(N)=S. The lowest BCUT2D eigenvalue weighted by atomic mass is 10.1. The number of nitrogens with two attached hydrogens (primary N) is 1. The molecule has 0 unspecified atom stereocenters. The highest BCUT2D eigenvalue weighted by atomic mass is 79.9. The zero-order valence-electron chi connectivity index (χ0n) is 10.8. The quantitative estimate of drug-likeness (QED) is 0.832. The molecule has 102 valence electrons. The van der Waals surface area contributed by atoms with E-state index < -0.39 is 0 Å². The Bertz CT molecular complexity index is 685. The van der Waals surface area contributed by atoms with E-state index in [0.717, 1.165) is 10.0 Å². The van der Waals surface area contributed by atoms with E-state index in [4.69, 9.17) is 18.0 Å². The minimum absolute atomic E-state index is 0.188. The number of thiocarbonyl (C=S) groups is 1. The Labute approximate surface area is 131 Å². The van der Waals surface area contributed by atoms with Gasteiger partial charge in [0.05, 0.1) is 5.69 Å². The van der Waals surface area contributed by atoms with Crippen molar-refractivity contribution in [2.45, 2.75) is 6.92 Å². The normalized spacial score (nSPS) is 10.1. The summed E-state index contributed by atoms with van der Waals surface area (Å²) in [4.78, 5) is 12.6. The summed E-state index contributed by atoms with van der Waals surface area (Å²) in [6.45, 7) is 1.89. The lowest BCUT2D eigenvalue weighted by molar-refractivity contribution is 0.102. The first kappa shape index (κ1) is 14.7. The average molecular weight is 349 g/mol. The fraction of sp³-hybridized carbons (Fsp3) is 0.0667. The van der Waals surface area contributed by atoms with Crippen molar-refractivity contribution in [1.82, 2.24) is 0 Å². The minimum atomic E-state index is -0.188. The van der Waals surface area contributed by atoms with E-state index in [-0.39, 0.29) is 10.9 Å². The third kappa shape index (κ3) is 3.05. The van der Waals surface area contributed by atoms with Gasteiger partial charge in [0.15, 0.2) is 0 Å². The lowest BCUT2D eigenvalue weighted by Gasteiger charge is -2.11. The molecule has 3 nitrogen and oxygen atoms in total. The number of amides is 1. The van der Waals surface area contributed by atoms with Gasteiger partial charge < -0.3 is 11.1 Å². The van der Waals surface area contributed by atoms with E-state index in [1.165, 1.54) is 0 Å². The van der Waals surface area contributed by atoms with Gasteiger partial charge in [-0.3, -0.25) is 4.79 Å². The van der Waals surface area contributed by atoms with Gasteiger partial charge in [0.25, 0.3) is 5.91 Å². The smallest absolute Gasteiger partial charge is 0.255 e. The van der Waals surface area contributed by atoms with Gasteiger partial charge in [0.1, 0.15) is 4.99 Å². The second-order valence-corrected chi connectivity index (χ2v) is 5.57. The van der Waals surface area contributed by atoms with E-state index >= 15 is 0 Å². The Kier molecular flexibility index (Phi) is 4.52. The highest BCUT2D eigenvalue weighted by Gasteiger charge is 2.13. The van der Waals surface area contributed by atoms with Crippen LogP contribution in [0.1, 0.15) is 21.5 Å². The largest absolute Gasteiger partial charge is 0.389 e. The standard InChI is InChI=1S/C15H13BrN2OS/c1-9-10(6-4-7-12(9)16)15(19)18-13-8-3-2-5-11(13)14(17)20/h2-8H,1H3,(H2,17,20)(H,18,19). The molecule has 2 aromatic rings. The summed E-state index contributed by atoms with van der Waals surface area (Å²) >= 11 is 8.40. The number of nitrogens with one attached hydrogen (secondary N) is 1. The van der Waals surface area contributed by atoms with E-state index in [0.29, 0.717) is 16.8 Å². The van der Waals surface area contributed by atoms with Crippen molar-refractivity contribution in [3.8, 4) is 0 Å². The van der Waals surface area contributed by atoms with Crippen LogP contribution in [0.5, 0.6) is 0 Å². The van der Waals surface area contributed by atoms with Crippen LogP contribution in [-0.4, -0.2) is 10.9 Å². The molecule has 0 heterocycles. The van der Waals surface area contributed by atoms with Gasteiger partial charge in [-0.2, -0.15) is 0 Å². The van der Waals surface area contributed by atoms with Crippen molar-refractivity contribution >= 4 is 44.7 Å². The molecular weight excluding hydrogens is 336 g/mol. The van der Waals surface area contributed by atoms with Gasteiger partial charge in [-0.05, 0) is 36.8 Å². The number of hydrogen-bond acceptors (Lipinski definition) is 2. The number of carbonyl (C=O) groups is 1. The molecule has 1 amide bonds. The second kappa shape index (κ2) is 6.15. The van der Waals surface area contributed by atoms with Gasteiger partial charge in [-0.25, -0.2) is 0 Å². The molecule has 0 saturated carbocycles. The first-order valence-electron chi connectivity index (χ1n) is 5.96. The minimum Gasteiger partial charge on any atom is -0.389 e. The highest BCUT2D eigenvalue weighted by Crippen LogP contribution is 2.21. The molecule has 0 atom stereocenters. The summed E-state index contributed by atoms with van der Waals surface area (Å²) in [7, 11) is 0. The topological polar surface area (TPSA) is 55.1 Å². The molecule has 0 fully saturated rings. The van der Waals surface area contributed by atoms with Crippen molar-refractivity contribution in [1.29, 1.82) is 0 Å². The number of halogens is 1. The average Bonchev–Trinajstić information content (AvgIpc) is 2.42. The molecule has 20 heavy (non-hydrogen) atoms. The van der Waals surface area contributed by atoms with E-state index in [1.54, 1.807) is 18.2 Å². The summed E-state index contributed by atoms with van der Waals surface area (Å²) in [5.41, 5.74) is 8.42. The maximum absolute atomic E-state index is 12.3. The van der Waals surface area contributed by atoms with Gasteiger partial charge in [0, 0.05) is 15.6 Å². The lowest BCUT2D eigenvalue weighted by Crippen LogP contribution is -2.18. The molecule has 0 bridgehead atoms. The molecule has 2 aromatic carbocycles. The van der Waals surface area contributed by atoms with Gasteiger partial charge in [-0.15, -0.1) is 0 Å². The van der Waals surface area contributed by atoms with E-state index in [1.807, 2.05) is 31.2 Å². The molecule has 3 N–H and O–H groups in total. The third-order valence-electron chi connectivity index (χ3n) is 2.95. The predicted molar refractivity (Wildman–Crippen MR) is 89.2 cm³/mol. The van der Waals surface area contributed by atoms with Crippen LogP contribution in [0.15, 0.2) is 46.9 Å². The molecule has 2 rings (SSSR count). The van der Waals surface area contributed by atoms with Crippen molar-refractivity contribution < 1.29 is 4.79 Å². The van der Waals surface area contributed by atoms with Crippen molar-refractivity contribution in [2.75, 3.05) is 5.32 Å². The fourth-order valence-electron chi connectivity index (χ4n) is 1.85. The van der Waals surface area contributed by atoms with Gasteiger partial charge in [0.2, 0.25) is 0 Å². The van der Waals surface area contributed by atoms with Crippen LogP contribution in [0.25, 0.3) is 0 Å². The van der Waals surface area contributed by atoms with Crippen LogP contribution in [0.2, 0.25) is 0 Å². The number of anilines is 1. The van der Waals surface area contributed by atoms with Crippen molar-refractivity contribution in [2.24, 2.45) is 5.73 Å². The Morgan fingerprint density at radius 1 is 1.15 bits per heavy atom. The molecule has 0 aliphatic heterocycles. The maximum Gasteiger partial charge on any atom is 0.255 e. The summed E-state index contributed by atoms with van der Waals surface area (Å²) < 4.78 is 0.896. The van der Waals surface area contributed by atoms with Crippen molar-refractivity contribution in [3.05, 3.63) is 63.6 Å². The number of carbonyl (C=O) groups excluding carboxylic acids is 1. The predicted octanol–water partition coefficient (Wildman–Crippen LogP) is 3.64. The fourth-order valence-corrected chi connectivity index (χ4v) is 2.39. The Balaban J connectivity index is 2.33. The van der Waals surface area contributed by atoms with Crippen LogP contribution >= 0.6 is 28.1 Å². The van der Waals surface area contributed by atoms with E-state index in [9.17, 15) is 4.79 Å². The highest BCUT2D eigenvalue weighted by molar-refractivity contribution is 9.10. The van der Waals surface area contributed by atoms with Crippen LogP contribution in [0, 0.1) is 6.92 Å². The summed E-state index contributed by atoms with van der Waals surface area (Å²) in [6.07, 6.45) is 0. The zero-order chi connectivity index (χ0) is 14.7. The van der Waals surface area contributed by atoms with Crippen LogP contribution in [-0.2, 0) is 0 Å². The maximum atomic E-state index is 12.3. The summed E-state index contributed by atoms with van der Waals surface area (Å²) in [5.74, 6) is -0.188. The number of para-hydroxylation sites is 1. The first-order chi connectivity index (χ1) is 9.50. The molecule has 0 aliphatic rings. The monoisotopic (exact) mass is 348 g/mol. The molecule has 0 spiro atoms. The Hall–Kier alpha value is -1.72. The molecule has 0 radical (unpaired) electrons. The van der Waals surface area contributed by atoms with E-state index in [2.05, 4.69) is 21.2 Å². The molecule has 5 heteroatoms. The molecule has 0 aromatic heterocycles. The Morgan fingerprint density at radius 3 is 2.50 bits per heavy atom. The van der Waals surface area contributed by atoms with Crippen molar-refractivity contribution in [3.63, 3.8) is 0 Å². The van der Waals surface area contributed by atoms with Crippen LogP contribution in [0.3, 0.4) is 0 Å². The van der Waals surface area contributed by atoms with Crippen LogP contribution in [0.4, 0.5) is 5.69 Å². The Morgan fingerprint density at radius 2 is 1.80 bits per heavy atom. The zero-order valence-corrected chi connectivity index (χ0v) is 13.2. The van der Waals surface area contributed by atoms with Gasteiger partial charge >= 0.3 is 0 Å².